The maximum absolute atomic E-state index is 2.42. The van der Waals surface area contributed by atoms with Gasteiger partial charge < -0.3 is 0 Å². The summed E-state index contributed by atoms with van der Waals surface area (Å²) in [5.41, 5.74) is 8.75. The average Bonchev–Trinajstić information content (AvgIpc) is 2.66. The second kappa shape index (κ2) is 5.89. The lowest BCUT2D eigenvalue weighted by Gasteiger charge is -2.20. The van der Waals surface area contributed by atoms with Gasteiger partial charge in [0.15, 0.2) is 0 Å². The molecule has 0 aliphatic heterocycles. The summed E-state index contributed by atoms with van der Waals surface area (Å²) in [6.45, 7) is 0. The highest BCUT2D eigenvalue weighted by molar-refractivity contribution is 5.83. The number of hydrogen-bond acceptors (Lipinski definition) is 0. The molecule has 0 amide bonds. The smallest absolute Gasteiger partial charge is 0.00200 e. The summed E-state index contributed by atoms with van der Waals surface area (Å²) in [7, 11) is 0. The molecule has 25 heavy (non-hydrogen) atoms. The third-order valence-corrected chi connectivity index (χ3v) is 5.37. The zero-order chi connectivity index (χ0) is 16.6. The predicted molar refractivity (Wildman–Crippen MR) is 105 cm³/mol. The molecule has 5 rings (SSSR count). The maximum atomic E-state index is 2.42. The zero-order valence-electron chi connectivity index (χ0n) is 14.2. The lowest BCUT2D eigenvalue weighted by molar-refractivity contribution is 0.991. The Balaban J connectivity index is 1.45. The second-order valence-corrected chi connectivity index (χ2v) is 7.08. The standard InChI is InChI=1S/C25H20/c1-2-6-21-14-18(9-11-20(21)5-1)13-19-10-12-24-16-22-7-3-4-8-23(22)17-25(24)15-19/h1-12,14-15H,13,16-17H2. The number of benzene rings is 4. The molecular weight excluding hydrogens is 300 g/mol. The van der Waals surface area contributed by atoms with Crippen molar-refractivity contribution in [3.63, 3.8) is 0 Å². The van der Waals surface area contributed by atoms with Crippen molar-refractivity contribution in [1.29, 1.82) is 0 Å². The predicted octanol–water partition coefficient (Wildman–Crippen LogP) is 5.93. The van der Waals surface area contributed by atoms with Crippen LogP contribution in [0, 0.1) is 0 Å². The van der Waals surface area contributed by atoms with Crippen LogP contribution < -0.4 is 0 Å². The van der Waals surface area contributed by atoms with Crippen LogP contribution in [-0.4, -0.2) is 0 Å². The molecule has 0 atom stereocenters. The van der Waals surface area contributed by atoms with Gasteiger partial charge in [0.25, 0.3) is 0 Å². The third-order valence-electron chi connectivity index (χ3n) is 5.37. The molecule has 0 aromatic heterocycles. The van der Waals surface area contributed by atoms with Crippen molar-refractivity contribution in [3.05, 3.63) is 118 Å². The summed E-state index contributed by atoms with van der Waals surface area (Å²) in [6.07, 6.45) is 3.14. The van der Waals surface area contributed by atoms with Gasteiger partial charge in [-0.05, 0) is 63.4 Å². The molecule has 1 aliphatic carbocycles. The van der Waals surface area contributed by atoms with Gasteiger partial charge in [-0.3, -0.25) is 0 Å². The first-order valence-corrected chi connectivity index (χ1v) is 9.00. The minimum Gasteiger partial charge on any atom is -0.0620 e. The van der Waals surface area contributed by atoms with Gasteiger partial charge in [-0.15, -0.1) is 0 Å². The van der Waals surface area contributed by atoms with E-state index in [-0.39, 0.29) is 0 Å². The van der Waals surface area contributed by atoms with E-state index in [1.54, 1.807) is 0 Å². The van der Waals surface area contributed by atoms with E-state index in [4.69, 9.17) is 0 Å². The van der Waals surface area contributed by atoms with E-state index in [9.17, 15) is 0 Å². The monoisotopic (exact) mass is 320 g/mol. The molecule has 0 saturated carbocycles. The van der Waals surface area contributed by atoms with E-state index < -0.39 is 0 Å². The Morgan fingerprint density at radius 3 is 1.92 bits per heavy atom. The highest BCUT2D eigenvalue weighted by Crippen LogP contribution is 2.28. The van der Waals surface area contributed by atoms with Gasteiger partial charge in [-0.25, -0.2) is 0 Å². The van der Waals surface area contributed by atoms with Gasteiger partial charge in [0, 0.05) is 0 Å². The zero-order valence-corrected chi connectivity index (χ0v) is 14.2. The van der Waals surface area contributed by atoms with Crippen molar-refractivity contribution >= 4 is 10.8 Å². The fourth-order valence-electron chi connectivity index (χ4n) is 4.02. The van der Waals surface area contributed by atoms with Gasteiger partial charge in [0.1, 0.15) is 0 Å². The van der Waals surface area contributed by atoms with Crippen molar-refractivity contribution < 1.29 is 0 Å². The Morgan fingerprint density at radius 1 is 0.480 bits per heavy atom. The first-order valence-electron chi connectivity index (χ1n) is 9.00. The van der Waals surface area contributed by atoms with E-state index >= 15 is 0 Å². The summed E-state index contributed by atoms with van der Waals surface area (Å²) in [4.78, 5) is 0. The highest BCUT2D eigenvalue weighted by atomic mass is 14.2. The quantitative estimate of drug-likeness (QED) is 0.378. The van der Waals surface area contributed by atoms with Gasteiger partial charge >= 0.3 is 0 Å². The number of hydrogen-bond donors (Lipinski definition) is 0. The molecule has 1 aliphatic rings. The van der Waals surface area contributed by atoms with Gasteiger partial charge in [0.05, 0.1) is 0 Å². The first kappa shape index (κ1) is 14.5. The minimum absolute atomic E-state index is 1.000. The van der Waals surface area contributed by atoms with E-state index in [0.29, 0.717) is 0 Å². The Hall–Kier alpha value is -2.86. The third kappa shape index (κ3) is 2.74. The van der Waals surface area contributed by atoms with Crippen LogP contribution in [0.2, 0.25) is 0 Å². The molecule has 0 heteroatoms. The van der Waals surface area contributed by atoms with Crippen LogP contribution in [0.15, 0.2) is 84.9 Å². The Morgan fingerprint density at radius 2 is 1.08 bits per heavy atom. The molecule has 0 nitrogen and oxygen atoms in total. The lowest BCUT2D eigenvalue weighted by Crippen LogP contribution is -2.07. The van der Waals surface area contributed by atoms with Crippen molar-refractivity contribution in [2.24, 2.45) is 0 Å². The Kier molecular flexibility index (Phi) is 3.41. The van der Waals surface area contributed by atoms with Crippen LogP contribution in [0.25, 0.3) is 10.8 Å². The van der Waals surface area contributed by atoms with Gasteiger partial charge in [0.2, 0.25) is 0 Å². The molecule has 4 aromatic rings. The van der Waals surface area contributed by atoms with Gasteiger partial charge in [-0.1, -0.05) is 84.9 Å². The largest absolute Gasteiger partial charge is 0.0620 e. The van der Waals surface area contributed by atoms with E-state index in [2.05, 4.69) is 84.9 Å². The van der Waals surface area contributed by atoms with Crippen molar-refractivity contribution in [2.45, 2.75) is 19.3 Å². The van der Waals surface area contributed by atoms with E-state index in [1.807, 2.05) is 0 Å². The fraction of sp³-hybridized carbons (Fsp3) is 0.120. The molecular formula is C25H20. The van der Waals surface area contributed by atoms with E-state index in [0.717, 1.165) is 19.3 Å². The lowest BCUT2D eigenvalue weighted by atomic mass is 9.85. The SMILES string of the molecule is c1ccc2c(c1)Cc1ccc(Cc3ccc4ccccc4c3)cc1C2. The van der Waals surface area contributed by atoms with Crippen LogP contribution in [0.1, 0.15) is 33.4 Å². The average molecular weight is 320 g/mol. The molecule has 4 aromatic carbocycles. The second-order valence-electron chi connectivity index (χ2n) is 7.08. The summed E-state index contributed by atoms with van der Waals surface area (Å²) in [6, 6.07) is 31.3. The molecule has 0 saturated heterocycles. The van der Waals surface area contributed by atoms with E-state index in [1.165, 1.54) is 44.2 Å². The first-order chi connectivity index (χ1) is 12.3. The molecule has 0 heterocycles. The minimum atomic E-state index is 1.000. The topological polar surface area (TPSA) is 0 Å². The van der Waals surface area contributed by atoms with Crippen LogP contribution in [0.4, 0.5) is 0 Å². The van der Waals surface area contributed by atoms with Crippen molar-refractivity contribution in [1.82, 2.24) is 0 Å². The van der Waals surface area contributed by atoms with Crippen molar-refractivity contribution in [2.75, 3.05) is 0 Å². The highest BCUT2D eigenvalue weighted by Gasteiger charge is 2.15. The van der Waals surface area contributed by atoms with Crippen LogP contribution >= 0.6 is 0 Å². The molecule has 0 radical (unpaired) electrons. The number of rotatable bonds is 2. The van der Waals surface area contributed by atoms with Crippen LogP contribution in [-0.2, 0) is 19.3 Å². The molecule has 0 spiro atoms. The van der Waals surface area contributed by atoms with Crippen molar-refractivity contribution in [3.8, 4) is 0 Å². The molecule has 0 bridgehead atoms. The molecule has 0 unspecified atom stereocenters. The summed E-state index contributed by atoms with van der Waals surface area (Å²) in [5.74, 6) is 0. The van der Waals surface area contributed by atoms with Crippen LogP contribution in [0.3, 0.4) is 0 Å². The summed E-state index contributed by atoms with van der Waals surface area (Å²) in [5, 5.41) is 2.64. The maximum Gasteiger partial charge on any atom is -0.00200 e. The molecule has 0 N–H and O–H groups in total. The fourth-order valence-corrected chi connectivity index (χ4v) is 4.02. The normalized spacial score (nSPS) is 12.6. The molecule has 120 valence electrons. The molecule has 0 fully saturated rings. The van der Waals surface area contributed by atoms with Crippen LogP contribution in [0.5, 0.6) is 0 Å². The summed E-state index contributed by atoms with van der Waals surface area (Å²) < 4.78 is 0. The van der Waals surface area contributed by atoms with Gasteiger partial charge in [-0.2, -0.15) is 0 Å². The number of fused-ring (bicyclic) bond motifs is 3. The summed E-state index contributed by atoms with van der Waals surface area (Å²) >= 11 is 0. The Labute approximate surface area is 148 Å². The Bertz CT molecular complexity index is 1070.